The Balaban J connectivity index is 1.86. The number of aliphatic hydroxyl groups excluding tert-OH is 1. The molecule has 0 aromatic carbocycles. The zero-order valence-electron chi connectivity index (χ0n) is 11.6. The Morgan fingerprint density at radius 1 is 1.42 bits per heavy atom. The molecular weight excluding hydrogens is 244 g/mol. The molecule has 0 spiro atoms. The summed E-state index contributed by atoms with van der Waals surface area (Å²) < 4.78 is 5.24. The molecule has 5 nitrogen and oxygen atoms in total. The molecule has 0 radical (unpaired) electrons. The van der Waals surface area contributed by atoms with Crippen LogP contribution < -0.4 is 0 Å². The van der Waals surface area contributed by atoms with Gasteiger partial charge in [0, 0.05) is 38.3 Å². The number of piperazine rings is 1. The number of hydrogen-bond acceptors (Lipinski definition) is 4. The van der Waals surface area contributed by atoms with Crippen LogP contribution in [0.25, 0.3) is 0 Å². The van der Waals surface area contributed by atoms with E-state index >= 15 is 0 Å². The van der Waals surface area contributed by atoms with Gasteiger partial charge in [0.2, 0.25) is 0 Å². The maximum atomic E-state index is 12.2. The van der Waals surface area contributed by atoms with E-state index in [1.165, 1.54) is 0 Å². The minimum absolute atomic E-state index is 0.0295. The lowest BCUT2D eigenvalue weighted by Crippen LogP contribution is -2.50. The second kappa shape index (κ2) is 6.21. The third kappa shape index (κ3) is 3.36. The van der Waals surface area contributed by atoms with Gasteiger partial charge >= 0.3 is 0 Å². The lowest BCUT2D eigenvalue weighted by molar-refractivity contribution is 0.0499. The van der Waals surface area contributed by atoms with Crippen molar-refractivity contribution in [1.29, 1.82) is 0 Å². The van der Waals surface area contributed by atoms with Gasteiger partial charge < -0.3 is 14.4 Å². The highest BCUT2D eigenvalue weighted by Crippen LogP contribution is 2.14. The van der Waals surface area contributed by atoms with Crippen molar-refractivity contribution in [3.8, 4) is 0 Å². The molecule has 106 valence electrons. The van der Waals surface area contributed by atoms with Crippen molar-refractivity contribution in [2.45, 2.75) is 26.4 Å². The molecule has 0 saturated carbocycles. The fourth-order valence-corrected chi connectivity index (χ4v) is 2.30. The summed E-state index contributed by atoms with van der Waals surface area (Å²) in [7, 11) is 0. The molecule has 2 heterocycles. The number of rotatable bonds is 4. The smallest absolute Gasteiger partial charge is 0.289 e. The molecule has 1 atom stereocenters. The van der Waals surface area contributed by atoms with E-state index in [9.17, 15) is 9.90 Å². The Hall–Kier alpha value is -1.33. The van der Waals surface area contributed by atoms with E-state index in [1.54, 1.807) is 12.3 Å². The molecule has 0 aliphatic carbocycles. The first kappa shape index (κ1) is 14.1. The zero-order chi connectivity index (χ0) is 13.8. The topological polar surface area (TPSA) is 56.9 Å². The van der Waals surface area contributed by atoms with Gasteiger partial charge in [-0.3, -0.25) is 9.69 Å². The highest BCUT2D eigenvalue weighted by molar-refractivity contribution is 5.92. The molecule has 1 N–H and O–H groups in total. The monoisotopic (exact) mass is 266 g/mol. The molecule has 1 aromatic rings. The first-order chi connectivity index (χ1) is 9.11. The van der Waals surface area contributed by atoms with Crippen LogP contribution in [0.15, 0.2) is 16.7 Å². The quantitative estimate of drug-likeness (QED) is 0.887. The molecule has 0 bridgehead atoms. The number of β-amino-alcohol motifs (C(OH)–C–C–N with tert-alkyl or cyclic N) is 1. The molecular formula is C14H22N2O3. The molecule has 2 rings (SSSR count). The normalized spacial score (nSPS) is 18.6. The van der Waals surface area contributed by atoms with E-state index in [0.717, 1.165) is 25.1 Å². The van der Waals surface area contributed by atoms with Crippen molar-refractivity contribution in [2.24, 2.45) is 0 Å². The van der Waals surface area contributed by atoms with Gasteiger partial charge in [-0.25, -0.2) is 0 Å². The molecule has 1 unspecified atom stereocenters. The number of aliphatic hydroxyl groups is 1. The summed E-state index contributed by atoms with van der Waals surface area (Å²) in [6.07, 6.45) is 2.05. The van der Waals surface area contributed by atoms with Crippen LogP contribution in [0, 0.1) is 6.92 Å². The van der Waals surface area contributed by atoms with Gasteiger partial charge in [0.25, 0.3) is 5.91 Å². The average Bonchev–Trinajstić information content (AvgIpc) is 2.85. The van der Waals surface area contributed by atoms with Crippen molar-refractivity contribution >= 4 is 5.91 Å². The predicted octanol–water partition coefficient (Wildman–Crippen LogP) is 1.12. The molecule has 1 saturated heterocycles. The van der Waals surface area contributed by atoms with Crippen LogP contribution in [0.3, 0.4) is 0 Å². The van der Waals surface area contributed by atoms with Crippen LogP contribution >= 0.6 is 0 Å². The van der Waals surface area contributed by atoms with Crippen molar-refractivity contribution < 1.29 is 14.3 Å². The van der Waals surface area contributed by atoms with Crippen molar-refractivity contribution in [3.05, 3.63) is 23.7 Å². The van der Waals surface area contributed by atoms with Crippen LogP contribution in [-0.2, 0) is 0 Å². The summed E-state index contributed by atoms with van der Waals surface area (Å²) in [6, 6.07) is 1.81. The summed E-state index contributed by atoms with van der Waals surface area (Å²) in [5.74, 6) is 0.417. The molecule has 1 aromatic heterocycles. The first-order valence-corrected chi connectivity index (χ1v) is 6.85. The largest absolute Gasteiger partial charge is 0.459 e. The minimum Gasteiger partial charge on any atom is -0.459 e. The highest BCUT2D eigenvalue weighted by Gasteiger charge is 2.25. The number of nitrogens with zero attached hydrogens (tertiary/aromatic N) is 2. The van der Waals surface area contributed by atoms with Crippen LogP contribution in [0.1, 0.15) is 29.5 Å². The van der Waals surface area contributed by atoms with E-state index in [2.05, 4.69) is 4.90 Å². The van der Waals surface area contributed by atoms with Crippen molar-refractivity contribution in [1.82, 2.24) is 9.80 Å². The fourth-order valence-electron chi connectivity index (χ4n) is 2.30. The second-order valence-electron chi connectivity index (χ2n) is 5.09. The van der Waals surface area contributed by atoms with E-state index in [4.69, 9.17) is 4.42 Å². The Labute approximate surface area is 113 Å². The lowest BCUT2D eigenvalue weighted by Gasteiger charge is -2.35. The number of hydrogen-bond donors (Lipinski definition) is 1. The minimum atomic E-state index is -0.269. The molecule has 1 fully saturated rings. The number of carbonyl (C=O) groups is 1. The molecule has 1 aliphatic heterocycles. The number of aryl methyl sites for hydroxylation is 1. The lowest BCUT2D eigenvalue weighted by atomic mass is 10.2. The van der Waals surface area contributed by atoms with E-state index in [1.807, 2.05) is 18.7 Å². The molecule has 1 aliphatic rings. The first-order valence-electron chi connectivity index (χ1n) is 6.85. The molecule has 5 heteroatoms. The molecule has 19 heavy (non-hydrogen) atoms. The maximum absolute atomic E-state index is 12.2. The van der Waals surface area contributed by atoms with Gasteiger partial charge in [0.1, 0.15) is 0 Å². The fraction of sp³-hybridized carbons (Fsp3) is 0.643. The van der Waals surface area contributed by atoms with Crippen LogP contribution in [0.5, 0.6) is 0 Å². The Kier molecular flexibility index (Phi) is 4.61. The number of furan rings is 1. The number of carbonyl (C=O) groups excluding carboxylic acids is 1. The highest BCUT2D eigenvalue weighted by atomic mass is 16.3. The SMILES string of the molecule is CCC(O)CN1CCN(C(=O)c2occc2C)CC1. The third-order valence-electron chi connectivity index (χ3n) is 3.66. The Morgan fingerprint density at radius 3 is 2.63 bits per heavy atom. The van der Waals surface area contributed by atoms with Gasteiger partial charge in [0.15, 0.2) is 5.76 Å². The van der Waals surface area contributed by atoms with Gasteiger partial charge in [0.05, 0.1) is 12.4 Å². The standard InChI is InChI=1S/C14H22N2O3/c1-3-12(17)10-15-5-7-16(8-6-15)14(18)13-11(2)4-9-19-13/h4,9,12,17H,3,5-8,10H2,1-2H3. The van der Waals surface area contributed by atoms with Crippen molar-refractivity contribution in [2.75, 3.05) is 32.7 Å². The summed E-state index contributed by atoms with van der Waals surface area (Å²) in [5.41, 5.74) is 0.883. The Bertz CT molecular complexity index is 422. The van der Waals surface area contributed by atoms with Gasteiger partial charge in [-0.2, -0.15) is 0 Å². The predicted molar refractivity (Wildman–Crippen MR) is 72.1 cm³/mol. The zero-order valence-corrected chi connectivity index (χ0v) is 11.6. The van der Waals surface area contributed by atoms with Crippen LogP contribution in [0.2, 0.25) is 0 Å². The van der Waals surface area contributed by atoms with Crippen molar-refractivity contribution in [3.63, 3.8) is 0 Å². The summed E-state index contributed by atoms with van der Waals surface area (Å²) in [4.78, 5) is 16.3. The summed E-state index contributed by atoms with van der Waals surface area (Å²) in [5, 5.41) is 9.63. The van der Waals surface area contributed by atoms with E-state index in [-0.39, 0.29) is 12.0 Å². The molecule has 1 amide bonds. The second-order valence-corrected chi connectivity index (χ2v) is 5.09. The third-order valence-corrected chi connectivity index (χ3v) is 3.66. The maximum Gasteiger partial charge on any atom is 0.289 e. The van der Waals surface area contributed by atoms with E-state index in [0.29, 0.717) is 25.4 Å². The average molecular weight is 266 g/mol. The summed E-state index contributed by atoms with van der Waals surface area (Å²) >= 11 is 0. The van der Waals surface area contributed by atoms with Gasteiger partial charge in [-0.15, -0.1) is 0 Å². The number of amides is 1. The van der Waals surface area contributed by atoms with E-state index < -0.39 is 0 Å². The van der Waals surface area contributed by atoms with Crippen LogP contribution in [-0.4, -0.2) is 59.6 Å². The van der Waals surface area contributed by atoms with Gasteiger partial charge in [-0.05, 0) is 19.4 Å². The Morgan fingerprint density at radius 2 is 2.11 bits per heavy atom. The van der Waals surface area contributed by atoms with Crippen LogP contribution in [0.4, 0.5) is 0 Å². The van der Waals surface area contributed by atoms with Gasteiger partial charge in [-0.1, -0.05) is 6.92 Å². The summed E-state index contributed by atoms with van der Waals surface area (Å²) in [6.45, 7) is 7.54.